The third-order valence-electron chi connectivity index (χ3n) is 2.74. The van der Waals surface area contributed by atoms with Gasteiger partial charge in [0.2, 0.25) is 5.09 Å². The van der Waals surface area contributed by atoms with Gasteiger partial charge >= 0.3 is 0 Å². The molecule has 0 radical (unpaired) electrons. The molecule has 2 heterocycles. The number of rotatable bonds is 8. The molecule has 0 saturated heterocycles. The van der Waals surface area contributed by atoms with E-state index < -0.39 is 10.0 Å². The molecule has 21 heavy (non-hydrogen) atoms. The summed E-state index contributed by atoms with van der Waals surface area (Å²) >= 11 is 1.49. The molecular formula is C13H19N3O3S2. The fourth-order valence-electron chi connectivity index (χ4n) is 1.72. The predicted octanol–water partition coefficient (Wildman–Crippen LogP) is 2.02. The molecule has 0 spiro atoms. The summed E-state index contributed by atoms with van der Waals surface area (Å²) in [5.74, 6) is 0.605. The highest BCUT2D eigenvalue weighted by atomic mass is 32.2. The minimum absolute atomic E-state index is 0.0669. The number of aryl methyl sites for hydroxylation is 1. The van der Waals surface area contributed by atoms with Gasteiger partial charge in [-0.05, 0) is 32.0 Å². The molecule has 0 amide bonds. The van der Waals surface area contributed by atoms with Gasteiger partial charge in [0, 0.05) is 5.38 Å². The van der Waals surface area contributed by atoms with E-state index in [0.29, 0.717) is 18.0 Å². The summed E-state index contributed by atoms with van der Waals surface area (Å²) in [5, 5.41) is 5.83. The fourth-order valence-corrected chi connectivity index (χ4v) is 3.27. The van der Waals surface area contributed by atoms with E-state index in [1.165, 1.54) is 17.4 Å². The third-order valence-corrected chi connectivity index (χ3v) is 4.83. The maximum atomic E-state index is 12.1. The van der Waals surface area contributed by atoms with Crippen LogP contribution in [0.25, 0.3) is 0 Å². The highest BCUT2D eigenvalue weighted by Gasteiger charge is 2.18. The van der Waals surface area contributed by atoms with Crippen molar-refractivity contribution in [2.24, 2.45) is 0 Å². The van der Waals surface area contributed by atoms with Crippen LogP contribution < -0.4 is 10.0 Å². The van der Waals surface area contributed by atoms with E-state index in [9.17, 15) is 8.42 Å². The average molecular weight is 329 g/mol. The maximum absolute atomic E-state index is 12.1. The number of hydrogen-bond donors (Lipinski definition) is 2. The lowest BCUT2D eigenvalue weighted by Gasteiger charge is -2.02. The van der Waals surface area contributed by atoms with Crippen LogP contribution in [0.3, 0.4) is 0 Å². The van der Waals surface area contributed by atoms with Crippen LogP contribution in [0.15, 0.2) is 27.0 Å². The second-order valence-electron chi connectivity index (χ2n) is 4.58. The number of furan rings is 1. The van der Waals surface area contributed by atoms with Crippen LogP contribution in [0.1, 0.15) is 29.8 Å². The van der Waals surface area contributed by atoms with E-state index in [-0.39, 0.29) is 11.6 Å². The van der Waals surface area contributed by atoms with Gasteiger partial charge in [-0.3, -0.25) is 0 Å². The molecule has 0 bridgehead atoms. The van der Waals surface area contributed by atoms with E-state index in [1.54, 1.807) is 6.07 Å². The largest absolute Gasteiger partial charge is 0.447 e. The lowest BCUT2D eigenvalue weighted by atomic mass is 10.4. The van der Waals surface area contributed by atoms with Crippen molar-refractivity contribution < 1.29 is 12.8 Å². The van der Waals surface area contributed by atoms with Gasteiger partial charge in [0.15, 0.2) is 0 Å². The Labute approximate surface area is 128 Å². The fraction of sp³-hybridized carbons (Fsp3) is 0.462. The van der Waals surface area contributed by atoms with Crippen molar-refractivity contribution >= 4 is 21.4 Å². The number of nitrogens with zero attached hydrogens (tertiary/aromatic N) is 1. The Morgan fingerprint density at radius 2 is 2.14 bits per heavy atom. The molecule has 8 heteroatoms. The standard InChI is InChI=1S/C13H19N3O3S2/c1-3-6-14-8-12-4-5-13(19-12)21(17,18)15-7-11-9-20-10(2)16-11/h4-5,9,14-15H,3,6-8H2,1-2H3. The topological polar surface area (TPSA) is 84.2 Å². The van der Waals surface area contributed by atoms with Crippen LogP contribution in [0.5, 0.6) is 0 Å². The van der Waals surface area contributed by atoms with Crippen LogP contribution in [0.4, 0.5) is 0 Å². The number of thiazole rings is 1. The first-order valence-electron chi connectivity index (χ1n) is 6.71. The Morgan fingerprint density at radius 1 is 1.33 bits per heavy atom. The van der Waals surface area contributed by atoms with Crippen molar-refractivity contribution in [3.8, 4) is 0 Å². The van der Waals surface area contributed by atoms with Crippen molar-refractivity contribution in [3.63, 3.8) is 0 Å². The molecule has 0 unspecified atom stereocenters. The Bertz CT molecular complexity index is 676. The monoisotopic (exact) mass is 329 g/mol. The average Bonchev–Trinajstić information content (AvgIpc) is 3.06. The van der Waals surface area contributed by atoms with Gasteiger partial charge in [0.1, 0.15) is 5.76 Å². The summed E-state index contributed by atoms with van der Waals surface area (Å²) in [4.78, 5) is 4.21. The van der Waals surface area contributed by atoms with Gasteiger partial charge in [-0.1, -0.05) is 6.92 Å². The first-order valence-corrected chi connectivity index (χ1v) is 9.07. The summed E-state index contributed by atoms with van der Waals surface area (Å²) in [6.07, 6.45) is 1.01. The van der Waals surface area contributed by atoms with Crippen molar-refractivity contribution in [1.82, 2.24) is 15.0 Å². The first kappa shape index (κ1) is 16.2. The minimum Gasteiger partial charge on any atom is -0.447 e. The molecule has 2 aromatic rings. The second kappa shape index (κ2) is 7.17. The van der Waals surface area contributed by atoms with E-state index >= 15 is 0 Å². The van der Waals surface area contributed by atoms with Crippen molar-refractivity contribution in [2.45, 2.75) is 38.5 Å². The van der Waals surface area contributed by atoms with Crippen LogP contribution in [-0.2, 0) is 23.1 Å². The quantitative estimate of drug-likeness (QED) is 0.724. The van der Waals surface area contributed by atoms with Gasteiger partial charge in [-0.2, -0.15) is 0 Å². The molecule has 0 aromatic carbocycles. The second-order valence-corrected chi connectivity index (χ2v) is 7.34. The van der Waals surface area contributed by atoms with Gasteiger partial charge in [0.25, 0.3) is 10.0 Å². The number of hydrogen-bond acceptors (Lipinski definition) is 6. The van der Waals surface area contributed by atoms with Crippen molar-refractivity contribution in [2.75, 3.05) is 6.54 Å². The zero-order valence-corrected chi connectivity index (χ0v) is 13.7. The lowest BCUT2D eigenvalue weighted by Crippen LogP contribution is -2.23. The summed E-state index contributed by atoms with van der Waals surface area (Å²) in [6.45, 7) is 5.50. The Morgan fingerprint density at radius 3 is 2.81 bits per heavy atom. The lowest BCUT2D eigenvalue weighted by molar-refractivity contribution is 0.400. The van der Waals surface area contributed by atoms with Gasteiger partial charge in [-0.15, -0.1) is 11.3 Å². The van der Waals surface area contributed by atoms with E-state index in [4.69, 9.17) is 4.42 Å². The smallest absolute Gasteiger partial charge is 0.274 e. The van der Waals surface area contributed by atoms with E-state index in [1.807, 2.05) is 12.3 Å². The number of aromatic nitrogens is 1. The minimum atomic E-state index is -3.64. The molecule has 2 aromatic heterocycles. The zero-order chi connectivity index (χ0) is 15.3. The number of sulfonamides is 1. The van der Waals surface area contributed by atoms with E-state index in [2.05, 4.69) is 21.9 Å². The molecule has 0 atom stereocenters. The van der Waals surface area contributed by atoms with Crippen molar-refractivity contribution in [3.05, 3.63) is 34.0 Å². The number of nitrogens with one attached hydrogen (secondary N) is 2. The SMILES string of the molecule is CCCNCc1ccc(S(=O)(=O)NCc2csc(C)n2)o1. The molecule has 0 aliphatic heterocycles. The first-order chi connectivity index (χ1) is 10.0. The molecule has 2 rings (SSSR count). The molecule has 0 aliphatic carbocycles. The van der Waals surface area contributed by atoms with Gasteiger partial charge < -0.3 is 9.73 Å². The summed E-state index contributed by atoms with van der Waals surface area (Å²) in [7, 11) is -3.64. The zero-order valence-electron chi connectivity index (χ0n) is 12.0. The Kier molecular flexibility index (Phi) is 5.51. The third kappa shape index (κ3) is 4.63. The van der Waals surface area contributed by atoms with Crippen LogP contribution >= 0.6 is 11.3 Å². The molecule has 6 nitrogen and oxygen atoms in total. The molecule has 0 aliphatic rings. The van der Waals surface area contributed by atoms with Crippen LogP contribution in [0, 0.1) is 6.92 Å². The van der Waals surface area contributed by atoms with Crippen molar-refractivity contribution in [1.29, 1.82) is 0 Å². The highest BCUT2D eigenvalue weighted by molar-refractivity contribution is 7.89. The van der Waals surface area contributed by atoms with Crippen LogP contribution in [0.2, 0.25) is 0 Å². The predicted molar refractivity (Wildman–Crippen MR) is 81.6 cm³/mol. The van der Waals surface area contributed by atoms with E-state index in [0.717, 1.165) is 18.0 Å². The van der Waals surface area contributed by atoms with Gasteiger partial charge in [-0.25, -0.2) is 18.1 Å². The molecular weight excluding hydrogens is 310 g/mol. The normalized spacial score (nSPS) is 11.9. The highest BCUT2D eigenvalue weighted by Crippen LogP contribution is 2.15. The van der Waals surface area contributed by atoms with Gasteiger partial charge in [0.05, 0.1) is 23.8 Å². The van der Waals surface area contributed by atoms with Crippen LogP contribution in [-0.4, -0.2) is 19.9 Å². The summed E-state index contributed by atoms with van der Waals surface area (Å²) in [6, 6.07) is 3.14. The molecule has 116 valence electrons. The summed E-state index contributed by atoms with van der Waals surface area (Å²) in [5.41, 5.74) is 0.706. The molecule has 0 fully saturated rings. The summed E-state index contributed by atoms with van der Waals surface area (Å²) < 4.78 is 32.1. The Balaban J connectivity index is 1.95. The maximum Gasteiger partial charge on any atom is 0.274 e. The molecule has 0 saturated carbocycles. The Hall–Kier alpha value is -1.22. The molecule has 2 N–H and O–H groups in total.